The summed E-state index contributed by atoms with van der Waals surface area (Å²) >= 11 is 6.96. The van der Waals surface area contributed by atoms with E-state index >= 15 is 0 Å². The zero-order chi connectivity index (χ0) is 29.0. The number of rotatable bonds is 10. The van der Waals surface area contributed by atoms with Crippen molar-refractivity contribution in [1.82, 2.24) is 15.5 Å². The molecule has 212 valence electrons. The van der Waals surface area contributed by atoms with E-state index in [1.54, 1.807) is 0 Å². The van der Waals surface area contributed by atoms with Crippen molar-refractivity contribution >= 4 is 59.4 Å². The number of nitrogens with zero attached hydrogens (tertiary/aromatic N) is 2. The summed E-state index contributed by atoms with van der Waals surface area (Å²) < 4.78 is 43.7. The van der Waals surface area contributed by atoms with Gasteiger partial charge in [-0.05, 0) is 53.6 Å². The van der Waals surface area contributed by atoms with E-state index in [2.05, 4.69) is 47.4 Å². The number of benzene rings is 3. The van der Waals surface area contributed by atoms with Crippen LogP contribution in [0.4, 0.5) is 10.1 Å². The summed E-state index contributed by atoms with van der Waals surface area (Å²) in [7, 11) is -2.33. The number of carbonyl (C=O) groups is 2. The first-order chi connectivity index (χ1) is 19.0. The number of halogens is 3. The number of hydrogen-bond donors (Lipinski definition) is 2. The van der Waals surface area contributed by atoms with Gasteiger partial charge in [0.25, 0.3) is 5.91 Å². The molecule has 0 bridgehead atoms. The number of hydrogen-bond acceptors (Lipinski definition) is 5. The molecule has 0 atom stereocenters. The van der Waals surface area contributed by atoms with Crippen LogP contribution in [0.1, 0.15) is 33.9 Å². The lowest BCUT2D eigenvalue weighted by atomic mass is 9.93. The minimum absolute atomic E-state index is 0.0284. The lowest BCUT2D eigenvalue weighted by molar-refractivity contribution is -0.120. The lowest BCUT2D eigenvalue weighted by Gasteiger charge is -2.48. The van der Waals surface area contributed by atoms with E-state index in [9.17, 15) is 22.4 Å². The molecule has 4 rings (SSSR count). The Morgan fingerprint density at radius 2 is 1.55 bits per heavy atom. The molecule has 1 heterocycles. The van der Waals surface area contributed by atoms with Crippen LogP contribution in [0.2, 0.25) is 0 Å². The highest BCUT2D eigenvalue weighted by Gasteiger charge is 2.41. The predicted molar refractivity (Wildman–Crippen MR) is 160 cm³/mol. The van der Waals surface area contributed by atoms with Gasteiger partial charge < -0.3 is 10.6 Å². The molecule has 8 nitrogen and oxygen atoms in total. The van der Waals surface area contributed by atoms with E-state index in [1.807, 2.05) is 48.5 Å². The number of amides is 2. The normalized spacial score (nSPS) is 14.1. The summed E-state index contributed by atoms with van der Waals surface area (Å²) in [5, 5.41) is 5.03. The van der Waals surface area contributed by atoms with Gasteiger partial charge in [0.2, 0.25) is 15.9 Å². The lowest BCUT2D eigenvalue weighted by Crippen LogP contribution is -2.61. The number of nitrogens with one attached hydrogen (secondary N) is 2. The summed E-state index contributed by atoms with van der Waals surface area (Å²) in [5.41, 5.74) is 2.15. The Balaban J connectivity index is 1.58. The quantitative estimate of drug-likeness (QED) is 0.327. The monoisotopic (exact) mass is 694 g/mol. The molecule has 1 fully saturated rings. The minimum Gasteiger partial charge on any atom is -0.359 e. The van der Waals surface area contributed by atoms with Gasteiger partial charge in [0, 0.05) is 47.6 Å². The zero-order valence-electron chi connectivity index (χ0n) is 21.9. The number of anilines is 1. The second-order valence-corrected chi connectivity index (χ2v) is 13.2. The summed E-state index contributed by atoms with van der Waals surface area (Å²) in [6, 6.07) is 18.9. The number of likely N-dealkylation sites (tertiary alicyclic amines) is 1. The van der Waals surface area contributed by atoms with E-state index in [-0.39, 0.29) is 36.2 Å². The van der Waals surface area contributed by atoms with Gasteiger partial charge in [0.15, 0.2) is 0 Å². The van der Waals surface area contributed by atoms with Crippen molar-refractivity contribution in [3.8, 4) is 0 Å². The number of carbonyl (C=O) groups excluding carboxylic acids is 2. The van der Waals surface area contributed by atoms with Crippen LogP contribution in [0.5, 0.6) is 0 Å². The topological polar surface area (TPSA) is 98.8 Å². The smallest absolute Gasteiger partial charge is 0.251 e. The largest absolute Gasteiger partial charge is 0.359 e. The van der Waals surface area contributed by atoms with Gasteiger partial charge in [0.1, 0.15) is 5.82 Å². The maximum absolute atomic E-state index is 14.7. The van der Waals surface area contributed by atoms with Crippen molar-refractivity contribution in [2.75, 3.05) is 37.2 Å². The molecule has 0 aromatic heterocycles. The molecule has 1 aliphatic heterocycles. The third kappa shape index (κ3) is 7.28. The molecule has 40 heavy (non-hydrogen) atoms. The fourth-order valence-electron chi connectivity index (χ4n) is 4.77. The summed E-state index contributed by atoms with van der Waals surface area (Å²) in [6.45, 7) is 0.854. The van der Waals surface area contributed by atoms with Crippen molar-refractivity contribution in [2.24, 2.45) is 0 Å². The van der Waals surface area contributed by atoms with Crippen molar-refractivity contribution in [3.05, 3.63) is 98.2 Å². The summed E-state index contributed by atoms with van der Waals surface area (Å²) in [4.78, 5) is 26.3. The minimum atomic E-state index is -3.82. The van der Waals surface area contributed by atoms with Crippen molar-refractivity contribution in [1.29, 1.82) is 0 Å². The van der Waals surface area contributed by atoms with E-state index in [1.165, 1.54) is 17.4 Å². The molecular weight excluding hydrogens is 667 g/mol. The van der Waals surface area contributed by atoms with Gasteiger partial charge in [-0.1, -0.05) is 56.1 Å². The van der Waals surface area contributed by atoms with Crippen LogP contribution in [-0.4, -0.2) is 64.1 Å². The Bertz CT molecular complexity index is 1440. The van der Waals surface area contributed by atoms with Gasteiger partial charge in [-0.3, -0.25) is 18.8 Å². The molecule has 2 amide bonds. The second-order valence-electron chi connectivity index (χ2n) is 9.55. The highest BCUT2D eigenvalue weighted by atomic mass is 79.9. The maximum atomic E-state index is 14.7. The molecular formula is C28H29Br2FN4O4S. The fraction of sp³-hybridized carbons (Fsp3) is 0.286. The fourth-order valence-corrected chi connectivity index (χ4v) is 6.47. The van der Waals surface area contributed by atoms with Gasteiger partial charge in [-0.2, -0.15) is 0 Å². The van der Waals surface area contributed by atoms with Crippen LogP contribution in [0.15, 0.2) is 75.7 Å². The first-order valence-corrected chi connectivity index (χ1v) is 15.9. The molecule has 3 aromatic carbocycles. The van der Waals surface area contributed by atoms with Crippen molar-refractivity contribution in [3.63, 3.8) is 0 Å². The highest BCUT2D eigenvalue weighted by molar-refractivity contribution is 9.10. The van der Waals surface area contributed by atoms with E-state index in [0.29, 0.717) is 13.1 Å². The Kier molecular flexibility index (Phi) is 9.65. The number of sulfonamides is 1. The second kappa shape index (κ2) is 12.8. The third-order valence-corrected chi connectivity index (χ3v) is 8.91. The first kappa shape index (κ1) is 30.2. The van der Waals surface area contributed by atoms with E-state index in [0.717, 1.165) is 38.5 Å². The molecule has 3 aromatic rings. The van der Waals surface area contributed by atoms with Crippen molar-refractivity contribution in [2.45, 2.75) is 18.5 Å². The Morgan fingerprint density at radius 1 is 1.00 bits per heavy atom. The van der Waals surface area contributed by atoms with E-state index < -0.39 is 27.8 Å². The van der Waals surface area contributed by atoms with Gasteiger partial charge >= 0.3 is 0 Å². The molecule has 1 saturated heterocycles. The molecule has 0 spiro atoms. The average molecular weight is 696 g/mol. The van der Waals surface area contributed by atoms with Crippen LogP contribution >= 0.6 is 31.9 Å². The third-order valence-electron chi connectivity index (χ3n) is 6.63. The molecule has 0 aliphatic carbocycles. The van der Waals surface area contributed by atoms with Crippen LogP contribution in [0, 0.1) is 5.82 Å². The first-order valence-electron chi connectivity index (χ1n) is 12.5. The maximum Gasteiger partial charge on any atom is 0.251 e. The molecule has 0 saturated carbocycles. The van der Waals surface area contributed by atoms with E-state index in [4.69, 9.17) is 0 Å². The van der Waals surface area contributed by atoms with Crippen molar-refractivity contribution < 1.29 is 22.4 Å². The summed E-state index contributed by atoms with van der Waals surface area (Å²) in [6.07, 6.45) is 1.14. The van der Waals surface area contributed by atoms with Gasteiger partial charge in [-0.25, -0.2) is 12.8 Å². The Morgan fingerprint density at radius 3 is 2.05 bits per heavy atom. The van der Waals surface area contributed by atoms with Crippen LogP contribution in [0.3, 0.4) is 0 Å². The molecule has 12 heteroatoms. The highest BCUT2D eigenvalue weighted by Crippen LogP contribution is 2.37. The molecule has 1 aliphatic rings. The molecule has 2 N–H and O–H groups in total. The van der Waals surface area contributed by atoms with Gasteiger partial charge in [-0.15, -0.1) is 0 Å². The summed E-state index contributed by atoms with van der Waals surface area (Å²) in [5.74, 6) is -1.58. The molecule has 0 radical (unpaired) electrons. The standard InChI is InChI=1S/C28H29Br2FN4O4S/c1-32-26(36)11-12-33-28(37)20-13-23(31)15-24(14-20)35(40(2,38)39)25-16-34(17-25)27(18-3-7-21(29)8-4-18)19-5-9-22(30)10-6-19/h3-10,13-15,25,27H,11-12,16-17H2,1-2H3,(H,32,36)(H,33,37). The Hall–Kier alpha value is -2.80. The Labute approximate surface area is 250 Å². The van der Waals surface area contributed by atoms with Gasteiger partial charge in [0.05, 0.1) is 24.0 Å². The SMILES string of the molecule is CNC(=O)CCNC(=O)c1cc(F)cc(N(C2CN(C(c3ccc(Br)cc3)c3ccc(Br)cc3)C2)S(C)(=O)=O)c1. The zero-order valence-corrected chi connectivity index (χ0v) is 25.9. The van der Waals surface area contributed by atoms with Crippen LogP contribution < -0.4 is 14.9 Å². The molecule has 0 unspecified atom stereocenters. The average Bonchev–Trinajstić information content (AvgIpc) is 2.88. The predicted octanol–water partition coefficient (Wildman–Crippen LogP) is 4.46. The van der Waals surface area contributed by atoms with Crippen LogP contribution in [-0.2, 0) is 14.8 Å². The van der Waals surface area contributed by atoms with Crippen LogP contribution in [0.25, 0.3) is 0 Å².